The highest BCUT2D eigenvalue weighted by Gasteiger charge is 2.54. The maximum atomic E-state index is 13.7. The SMILES string of the molecule is Cc1ccc(C(C)(c2ccc(C)cc2)C(F)(F)F)cc1.Cc1ccc(C(C)(c2ccc(C)cc2)C(F)(F)F)cc1. The van der Waals surface area contributed by atoms with Gasteiger partial charge in [-0.15, -0.1) is 0 Å². The number of aryl methyl sites for hydroxylation is 4. The third-order valence-electron chi connectivity index (χ3n) is 7.65. The van der Waals surface area contributed by atoms with Crippen LogP contribution in [0.15, 0.2) is 97.1 Å². The van der Waals surface area contributed by atoms with Gasteiger partial charge in [0.15, 0.2) is 0 Å². The molecule has 0 saturated heterocycles. The lowest BCUT2D eigenvalue weighted by atomic mass is 9.75. The quantitative estimate of drug-likeness (QED) is 0.219. The molecular weight excluding hydrogens is 522 g/mol. The van der Waals surface area contributed by atoms with Crippen molar-refractivity contribution in [2.45, 2.75) is 64.7 Å². The summed E-state index contributed by atoms with van der Waals surface area (Å²) in [6, 6.07) is 26.2. The molecule has 0 bridgehead atoms. The lowest BCUT2D eigenvalue weighted by molar-refractivity contribution is -0.173. The van der Waals surface area contributed by atoms with Crippen LogP contribution in [0.3, 0.4) is 0 Å². The van der Waals surface area contributed by atoms with Gasteiger partial charge in [-0.1, -0.05) is 119 Å². The van der Waals surface area contributed by atoms with Crippen LogP contribution in [0.4, 0.5) is 26.3 Å². The lowest BCUT2D eigenvalue weighted by Gasteiger charge is -2.33. The monoisotopic (exact) mass is 556 g/mol. The molecule has 0 radical (unpaired) electrons. The van der Waals surface area contributed by atoms with E-state index < -0.39 is 23.2 Å². The molecule has 0 heterocycles. The van der Waals surface area contributed by atoms with Gasteiger partial charge >= 0.3 is 12.4 Å². The molecule has 4 rings (SSSR count). The second-order valence-electron chi connectivity index (χ2n) is 10.7. The van der Waals surface area contributed by atoms with Crippen LogP contribution >= 0.6 is 0 Å². The van der Waals surface area contributed by atoms with Gasteiger partial charge in [0.05, 0.1) is 0 Å². The molecule has 0 aliphatic rings. The second kappa shape index (κ2) is 11.5. The highest BCUT2D eigenvalue weighted by atomic mass is 19.4. The fraction of sp³-hybridized carbons (Fsp3) is 0.294. The van der Waals surface area contributed by atoms with E-state index >= 15 is 0 Å². The van der Waals surface area contributed by atoms with E-state index in [1.54, 1.807) is 97.1 Å². The average molecular weight is 557 g/mol. The molecule has 0 fully saturated rings. The van der Waals surface area contributed by atoms with Gasteiger partial charge in [-0.25, -0.2) is 0 Å². The number of hydrogen-bond acceptors (Lipinski definition) is 0. The Labute approximate surface area is 232 Å². The predicted molar refractivity (Wildman–Crippen MR) is 150 cm³/mol. The first kappa shape index (κ1) is 31.0. The number of hydrogen-bond donors (Lipinski definition) is 0. The van der Waals surface area contributed by atoms with Gasteiger partial charge in [-0.2, -0.15) is 26.3 Å². The first-order chi connectivity index (χ1) is 18.5. The van der Waals surface area contributed by atoms with Crippen molar-refractivity contribution in [2.24, 2.45) is 0 Å². The number of alkyl halides is 6. The molecule has 4 aromatic carbocycles. The first-order valence-corrected chi connectivity index (χ1v) is 12.9. The molecule has 0 atom stereocenters. The molecule has 0 aromatic heterocycles. The highest BCUT2D eigenvalue weighted by Crippen LogP contribution is 2.47. The van der Waals surface area contributed by atoms with E-state index in [2.05, 4.69) is 0 Å². The van der Waals surface area contributed by atoms with Crippen LogP contribution in [0.5, 0.6) is 0 Å². The molecule has 6 heteroatoms. The summed E-state index contributed by atoms with van der Waals surface area (Å²) in [5.74, 6) is 0. The van der Waals surface area contributed by atoms with E-state index in [-0.39, 0.29) is 22.3 Å². The Morgan fingerprint density at radius 1 is 0.325 bits per heavy atom. The van der Waals surface area contributed by atoms with Gasteiger partial charge in [-0.3, -0.25) is 0 Å². The van der Waals surface area contributed by atoms with Crippen molar-refractivity contribution in [3.8, 4) is 0 Å². The molecule has 0 aliphatic heterocycles. The number of halogens is 6. The number of benzene rings is 4. The Morgan fingerprint density at radius 3 is 0.600 bits per heavy atom. The Balaban J connectivity index is 0.000000220. The van der Waals surface area contributed by atoms with Crippen LogP contribution < -0.4 is 0 Å². The summed E-state index contributed by atoms with van der Waals surface area (Å²) in [5.41, 5.74) is 0.856. The van der Waals surface area contributed by atoms with Crippen LogP contribution in [0, 0.1) is 27.7 Å². The molecule has 40 heavy (non-hydrogen) atoms. The summed E-state index contributed by atoms with van der Waals surface area (Å²) in [6.07, 6.45) is -8.70. The maximum Gasteiger partial charge on any atom is 0.402 e. The summed E-state index contributed by atoms with van der Waals surface area (Å²) in [4.78, 5) is 0. The van der Waals surface area contributed by atoms with Crippen molar-refractivity contribution in [1.29, 1.82) is 0 Å². The zero-order valence-corrected chi connectivity index (χ0v) is 23.5. The van der Waals surface area contributed by atoms with Crippen LogP contribution in [0.25, 0.3) is 0 Å². The van der Waals surface area contributed by atoms with Crippen molar-refractivity contribution in [1.82, 2.24) is 0 Å². The van der Waals surface area contributed by atoms with E-state index in [0.717, 1.165) is 22.3 Å². The Morgan fingerprint density at radius 2 is 0.475 bits per heavy atom. The van der Waals surface area contributed by atoms with E-state index in [1.807, 2.05) is 27.7 Å². The number of rotatable bonds is 4. The minimum atomic E-state index is -4.35. The zero-order valence-electron chi connectivity index (χ0n) is 23.5. The Bertz CT molecular complexity index is 1170. The normalized spacial score (nSPS) is 12.5. The summed E-state index contributed by atoms with van der Waals surface area (Å²) in [6.45, 7) is 9.92. The van der Waals surface area contributed by atoms with E-state index in [9.17, 15) is 26.3 Å². The maximum absolute atomic E-state index is 13.7. The molecule has 0 saturated carbocycles. The van der Waals surface area contributed by atoms with Crippen molar-refractivity contribution in [3.63, 3.8) is 0 Å². The smallest absolute Gasteiger partial charge is 0.170 e. The summed E-state index contributed by atoms with van der Waals surface area (Å²) in [7, 11) is 0. The van der Waals surface area contributed by atoms with Crippen molar-refractivity contribution in [3.05, 3.63) is 142 Å². The highest BCUT2D eigenvalue weighted by molar-refractivity contribution is 5.43. The standard InChI is InChI=1S/2C17H17F3/c2*1-12-4-8-14(9-5-12)16(3,17(18,19)20)15-10-6-13(2)7-11-15/h2*4-11H,1-3H3. The molecule has 0 N–H and O–H groups in total. The lowest BCUT2D eigenvalue weighted by Crippen LogP contribution is -2.40. The second-order valence-corrected chi connectivity index (χ2v) is 10.7. The van der Waals surface area contributed by atoms with Crippen LogP contribution in [-0.4, -0.2) is 12.4 Å². The molecule has 0 unspecified atom stereocenters. The molecule has 0 aliphatic carbocycles. The van der Waals surface area contributed by atoms with E-state index in [1.165, 1.54) is 13.8 Å². The fourth-order valence-corrected chi connectivity index (χ4v) is 4.54. The van der Waals surface area contributed by atoms with Crippen molar-refractivity contribution >= 4 is 0 Å². The van der Waals surface area contributed by atoms with Gasteiger partial charge in [0.25, 0.3) is 0 Å². The molecular formula is C34H34F6. The molecule has 212 valence electrons. The van der Waals surface area contributed by atoms with E-state index in [0.29, 0.717) is 0 Å². The zero-order chi connectivity index (χ0) is 29.9. The third kappa shape index (κ3) is 6.27. The molecule has 0 amide bonds. The van der Waals surface area contributed by atoms with Gasteiger partial charge < -0.3 is 0 Å². The minimum absolute atomic E-state index is 0.263. The van der Waals surface area contributed by atoms with Gasteiger partial charge in [0.1, 0.15) is 10.8 Å². The Hall–Kier alpha value is -3.54. The molecule has 0 nitrogen and oxygen atoms in total. The van der Waals surface area contributed by atoms with Crippen LogP contribution in [0.2, 0.25) is 0 Å². The van der Waals surface area contributed by atoms with Crippen LogP contribution in [0.1, 0.15) is 58.4 Å². The van der Waals surface area contributed by atoms with Crippen molar-refractivity contribution in [2.75, 3.05) is 0 Å². The molecule has 4 aromatic rings. The first-order valence-electron chi connectivity index (χ1n) is 12.9. The predicted octanol–water partition coefficient (Wildman–Crippen LogP) is 10.3. The summed E-state index contributed by atoms with van der Waals surface area (Å²) >= 11 is 0. The topological polar surface area (TPSA) is 0 Å². The third-order valence-corrected chi connectivity index (χ3v) is 7.65. The molecule has 0 spiro atoms. The fourth-order valence-electron chi connectivity index (χ4n) is 4.54. The van der Waals surface area contributed by atoms with Gasteiger partial charge in [0.2, 0.25) is 0 Å². The van der Waals surface area contributed by atoms with Gasteiger partial charge in [-0.05, 0) is 63.8 Å². The largest absolute Gasteiger partial charge is 0.402 e. The average Bonchev–Trinajstić information content (AvgIpc) is 2.88. The Kier molecular flexibility index (Phi) is 8.93. The summed E-state index contributed by atoms with van der Waals surface area (Å²) in [5, 5.41) is 0. The summed E-state index contributed by atoms with van der Waals surface area (Å²) < 4.78 is 82.1. The van der Waals surface area contributed by atoms with Gasteiger partial charge in [0, 0.05) is 0 Å². The minimum Gasteiger partial charge on any atom is -0.170 e. The van der Waals surface area contributed by atoms with Crippen LogP contribution in [-0.2, 0) is 10.8 Å². The van der Waals surface area contributed by atoms with E-state index in [4.69, 9.17) is 0 Å². The van der Waals surface area contributed by atoms with Crippen molar-refractivity contribution < 1.29 is 26.3 Å².